The van der Waals surface area contributed by atoms with Gasteiger partial charge in [0.05, 0.1) is 35.7 Å². The molecule has 0 aliphatic carbocycles. The maximum absolute atomic E-state index is 12.8. The topological polar surface area (TPSA) is 92.8 Å². The predicted molar refractivity (Wildman–Crippen MR) is 110 cm³/mol. The minimum absolute atomic E-state index is 0.267. The molecule has 1 saturated heterocycles. The first kappa shape index (κ1) is 20.8. The summed E-state index contributed by atoms with van der Waals surface area (Å²) in [5, 5.41) is 5.73. The molecule has 3 rings (SSSR count). The van der Waals surface area contributed by atoms with E-state index in [0.717, 1.165) is 18.8 Å². The van der Waals surface area contributed by atoms with Gasteiger partial charge < -0.3 is 25.0 Å². The van der Waals surface area contributed by atoms with Crippen molar-refractivity contribution in [1.29, 1.82) is 0 Å². The molecule has 2 aromatic rings. The number of amides is 2. The van der Waals surface area contributed by atoms with Crippen LogP contribution in [0.1, 0.15) is 27.1 Å². The Labute approximate surface area is 170 Å². The Kier molecular flexibility index (Phi) is 7.54. The van der Waals surface area contributed by atoms with Crippen LogP contribution in [0.3, 0.4) is 0 Å². The van der Waals surface area contributed by atoms with Crippen LogP contribution in [0.25, 0.3) is 0 Å². The largest absolute Gasteiger partial charge is 0.385 e. The molecule has 0 unspecified atom stereocenters. The number of morpholine rings is 1. The first-order chi connectivity index (χ1) is 14.2. The molecule has 154 valence electrons. The standard InChI is InChI=1S/C21H26N4O4/c1-28-10-4-7-23-20(26)16-13-17(15-22-14-16)21(27)24-18-5-2-3-6-19(18)25-8-11-29-12-9-25/h2-3,5-6,13-15H,4,7-12H2,1H3,(H,23,26)(H,24,27). The van der Waals surface area contributed by atoms with Crippen molar-refractivity contribution in [3.63, 3.8) is 0 Å². The highest BCUT2D eigenvalue weighted by molar-refractivity contribution is 6.07. The highest BCUT2D eigenvalue weighted by Crippen LogP contribution is 2.26. The quantitative estimate of drug-likeness (QED) is 0.660. The zero-order chi connectivity index (χ0) is 20.5. The fraction of sp³-hybridized carbons (Fsp3) is 0.381. The van der Waals surface area contributed by atoms with E-state index in [-0.39, 0.29) is 11.8 Å². The number of hydrogen-bond donors (Lipinski definition) is 2. The number of ether oxygens (including phenoxy) is 2. The van der Waals surface area contributed by atoms with E-state index in [1.807, 2.05) is 24.3 Å². The minimum atomic E-state index is -0.313. The average molecular weight is 398 g/mol. The Morgan fingerprint density at radius 1 is 1.14 bits per heavy atom. The van der Waals surface area contributed by atoms with Gasteiger partial charge in [-0.1, -0.05) is 12.1 Å². The summed E-state index contributed by atoms with van der Waals surface area (Å²) >= 11 is 0. The third-order valence-corrected chi connectivity index (χ3v) is 4.58. The molecule has 1 fully saturated rings. The number of anilines is 2. The lowest BCUT2D eigenvalue weighted by molar-refractivity contribution is 0.0948. The lowest BCUT2D eigenvalue weighted by Gasteiger charge is -2.30. The number of benzene rings is 1. The Balaban J connectivity index is 1.68. The fourth-order valence-electron chi connectivity index (χ4n) is 3.06. The number of hydrogen-bond acceptors (Lipinski definition) is 6. The molecule has 1 aliphatic heterocycles. The van der Waals surface area contributed by atoms with Gasteiger partial charge in [0.1, 0.15) is 0 Å². The Morgan fingerprint density at radius 2 is 1.86 bits per heavy atom. The van der Waals surface area contributed by atoms with E-state index in [0.29, 0.717) is 49.6 Å². The molecule has 8 nitrogen and oxygen atoms in total. The molecular weight excluding hydrogens is 372 g/mol. The molecule has 0 atom stereocenters. The van der Waals surface area contributed by atoms with Gasteiger partial charge in [-0.3, -0.25) is 14.6 Å². The zero-order valence-electron chi connectivity index (χ0n) is 16.5. The van der Waals surface area contributed by atoms with Gasteiger partial charge in [0.15, 0.2) is 0 Å². The summed E-state index contributed by atoms with van der Waals surface area (Å²) in [7, 11) is 1.62. The zero-order valence-corrected chi connectivity index (χ0v) is 16.5. The van der Waals surface area contributed by atoms with Crippen LogP contribution in [-0.2, 0) is 9.47 Å². The smallest absolute Gasteiger partial charge is 0.257 e. The van der Waals surface area contributed by atoms with Crippen molar-refractivity contribution in [2.45, 2.75) is 6.42 Å². The molecule has 1 aromatic heterocycles. The number of aromatic nitrogens is 1. The second-order valence-electron chi connectivity index (χ2n) is 6.64. The number of pyridine rings is 1. The lowest BCUT2D eigenvalue weighted by Crippen LogP contribution is -2.36. The molecule has 0 bridgehead atoms. The van der Waals surface area contributed by atoms with E-state index in [9.17, 15) is 9.59 Å². The number of methoxy groups -OCH3 is 1. The summed E-state index contributed by atoms with van der Waals surface area (Å²) in [6, 6.07) is 9.20. The molecule has 0 spiro atoms. The van der Waals surface area contributed by atoms with Gasteiger partial charge in [0, 0.05) is 45.7 Å². The van der Waals surface area contributed by atoms with Crippen molar-refractivity contribution >= 4 is 23.2 Å². The maximum atomic E-state index is 12.8. The average Bonchev–Trinajstić information content (AvgIpc) is 2.77. The van der Waals surface area contributed by atoms with Gasteiger partial charge in [-0.25, -0.2) is 0 Å². The second-order valence-corrected chi connectivity index (χ2v) is 6.64. The highest BCUT2D eigenvalue weighted by atomic mass is 16.5. The van der Waals surface area contributed by atoms with E-state index in [2.05, 4.69) is 20.5 Å². The van der Waals surface area contributed by atoms with Gasteiger partial charge >= 0.3 is 0 Å². The van der Waals surface area contributed by atoms with E-state index in [1.54, 1.807) is 13.2 Å². The number of rotatable bonds is 8. The van der Waals surface area contributed by atoms with Crippen LogP contribution in [0.5, 0.6) is 0 Å². The maximum Gasteiger partial charge on any atom is 0.257 e. The summed E-state index contributed by atoms with van der Waals surface area (Å²) in [5.74, 6) is -0.579. The Hall–Kier alpha value is -2.97. The van der Waals surface area contributed by atoms with Crippen LogP contribution in [0, 0.1) is 0 Å². The molecular formula is C21H26N4O4. The van der Waals surface area contributed by atoms with Crippen LogP contribution in [0.15, 0.2) is 42.7 Å². The summed E-state index contributed by atoms with van der Waals surface area (Å²) in [5.41, 5.74) is 2.33. The number of carbonyl (C=O) groups excluding carboxylic acids is 2. The molecule has 1 aliphatic rings. The van der Waals surface area contributed by atoms with Crippen molar-refractivity contribution < 1.29 is 19.1 Å². The number of nitrogens with zero attached hydrogens (tertiary/aromatic N) is 2. The summed E-state index contributed by atoms with van der Waals surface area (Å²) in [6.45, 7) is 3.93. The third kappa shape index (κ3) is 5.75. The van der Waals surface area contributed by atoms with E-state index >= 15 is 0 Å². The van der Waals surface area contributed by atoms with Gasteiger partial charge in [-0.05, 0) is 24.6 Å². The van der Waals surface area contributed by atoms with Gasteiger partial charge in [-0.2, -0.15) is 0 Å². The summed E-state index contributed by atoms with van der Waals surface area (Å²) < 4.78 is 10.4. The number of carbonyl (C=O) groups is 2. The number of para-hydroxylation sites is 2. The molecule has 0 saturated carbocycles. The van der Waals surface area contributed by atoms with Crippen molar-refractivity contribution in [1.82, 2.24) is 10.3 Å². The van der Waals surface area contributed by atoms with Crippen molar-refractivity contribution in [2.75, 3.05) is 56.8 Å². The van der Waals surface area contributed by atoms with E-state index in [4.69, 9.17) is 9.47 Å². The molecule has 1 aromatic carbocycles. The molecule has 8 heteroatoms. The molecule has 2 amide bonds. The predicted octanol–water partition coefficient (Wildman–Crippen LogP) is 1.94. The van der Waals surface area contributed by atoms with Crippen molar-refractivity contribution in [3.05, 3.63) is 53.9 Å². The van der Waals surface area contributed by atoms with Gasteiger partial charge in [-0.15, -0.1) is 0 Å². The van der Waals surface area contributed by atoms with Crippen LogP contribution in [-0.4, -0.2) is 63.4 Å². The van der Waals surface area contributed by atoms with Crippen molar-refractivity contribution in [3.8, 4) is 0 Å². The Bertz CT molecular complexity index is 837. The second kappa shape index (κ2) is 10.5. The monoisotopic (exact) mass is 398 g/mol. The highest BCUT2D eigenvalue weighted by Gasteiger charge is 2.17. The minimum Gasteiger partial charge on any atom is -0.385 e. The summed E-state index contributed by atoms with van der Waals surface area (Å²) in [4.78, 5) is 31.3. The van der Waals surface area contributed by atoms with Crippen LogP contribution in [0.4, 0.5) is 11.4 Å². The molecule has 2 N–H and O–H groups in total. The lowest BCUT2D eigenvalue weighted by atomic mass is 10.1. The van der Waals surface area contributed by atoms with E-state index in [1.165, 1.54) is 12.4 Å². The SMILES string of the molecule is COCCCNC(=O)c1cncc(C(=O)Nc2ccccc2N2CCOCC2)c1. The molecule has 2 heterocycles. The molecule has 0 radical (unpaired) electrons. The van der Waals surface area contributed by atoms with Gasteiger partial charge in [0.2, 0.25) is 0 Å². The third-order valence-electron chi connectivity index (χ3n) is 4.58. The van der Waals surface area contributed by atoms with Crippen LogP contribution in [0.2, 0.25) is 0 Å². The van der Waals surface area contributed by atoms with Gasteiger partial charge in [0.25, 0.3) is 11.8 Å². The first-order valence-corrected chi connectivity index (χ1v) is 9.64. The van der Waals surface area contributed by atoms with Crippen LogP contribution < -0.4 is 15.5 Å². The fourth-order valence-corrected chi connectivity index (χ4v) is 3.06. The van der Waals surface area contributed by atoms with E-state index < -0.39 is 0 Å². The summed E-state index contributed by atoms with van der Waals surface area (Å²) in [6.07, 6.45) is 3.62. The van der Waals surface area contributed by atoms with Crippen LogP contribution >= 0.6 is 0 Å². The first-order valence-electron chi connectivity index (χ1n) is 9.64. The normalized spacial score (nSPS) is 13.8. The molecule has 29 heavy (non-hydrogen) atoms. The van der Waals surface area contributed by atoms with Crippen molar-refractivity contribution in [2.24, 2.45) is 0 Å². The number of nitrogens with one attached hydrogen (secondary N) is 2. The Morgan fingerprint density at radius 3 is 2.62 bits per heavy atom.